The largest absolute Gasteiger partial charge is 0.389 e. The van der Waals surface area contributed by atoms with Crippen molar-refractivity contribution in [3.8, 4) is 0 Å². The number of thiazole rings is 1. The maximum absolute atomic E-state index is 5.77. The van der Waals surface area contributed by atoms with Crippen LogP contribution in [0.3, 0.4) is 0 Å². The van der Waals surface area contributed by atoms with Crippen molar-refractivity contribution < 1.29 is 0 Å². The molecule has 2 aromatic heterocycles. The smallest absolute Gasteiger partial charge is 0.187 e. The van der Waals surface area contributed by atoms with Crippen LogP contribution < -0.4 is 11.1 Å². The fourth-order valence-electron chi connectivity index (χ4n) is 1.85. The predicted octanol–water partition coefficient (Wildman–Crippen LogP) is 3.07. The Bertz CT molecular complexity index is 737. The molecule has 0 spiro atoms. The second-order valence-electron chi connectivity index (χ2n) is 3.89. The minimum atomic E-state index is 0.317. The number of nitrogens with two attached hydrogens (primary N) is 1. The van der Waals surface area contributed by atoms with E-state index in [0.717, 1.165) is 27.3 Å². The molecule has 0 fully saturated rings. The molecular formula is C13H10N4S2. The molecule has 3 aromatic rings. The van der Waals surface area contributed by atoms with Gasteiger partial charge in [-0.2, -0.15) is 0 Å². The van der Waals surface area contributed by atoms with Gasteiger partial charge in [0.25, 0.3) is 0 Å². The van der Waals surface area contributed by atoms with Crippen LogP contribution in [0.2, 0.25) is 0 Å². The summed E-state index contributed by atoms with van der Waals surface area (Å²) in [5, 5.41) is 6.96. The van der Waals surface area contributed by atoms with Crippen LogP contribution in [0, 0.1) is 0 Å². The first-order valence-corrected chi connectivity index (χ1v) is 6.88. The summed E-state index contributed by atoms with van der Waals surface area (Å²) in [4.78, 5) is 8.91. The van der Waals surface area contributed by atoms with E-state index in [0.29, 0.717) is 4.99 Å². The Kier molecular flexibility index (Phi) is 3.10. The predicted molar refractivity (Wildman–Crippen MR) is 83.0 cm³/mol. The molecule has 0 amide bonds. The molecule has 1 aromatic carbocycles. The molecule has 0 aliphatic rings. The summed E-state index contributed by atoms with van der Waals surface area (Å²) in [6.07, 6.45) is 3.44. The van der Waals surface area contributed by atoms with Crippen LogP contribution in [0.1, 0.15) is 5.56 Å². The van der Waals surface area contributed by atoms with Crippen LogP contribution in [-0.2, 0) is 0 Å². The SMILES string of the molecule is NC(=S)c1cnc2ccccc2c1Nc1nccs1. The molecule has 0 aliphatic heterocycles. The summed E-state index contributed by atoms with van der Waals surface area (Å²) in [6, 6.07) is 7.84. The summed E-state index contributed by atoms with van der Waals surface area (Å²) < 4.78 is 0. The number of nitrogens with one attached hydrogen (secondary N) is 1. The molecule has 19 heavy (non-hydrogen) atoms. The van der Waals surface area contributed by atoms with E-state index >= 15 is 0 Å². The number of benzene rings is 1. The normalized spacial score (nSPS) is 10.5. The minimum Gasteiger partial charge on any atom is -0.389 e. The Labute approximate surface area is 119 Å². The van der Waals surface area contributed by atoms with Crippen molar-refractivity contribution in [2.75, 3.05) is 5.32 Å². The van der Waals surface area contributed by atoms with E-state index in [9.17, 15) is 0 Å². The number of fused-ring (bicyclic) bond motifs is 1. The minimum absolute atomic E-state index is 0.317. The van der Waals surface area contributed by atoms with Crippen LogP contribution in [-0.4, -0.2) is 15.0 Å². The zero-order valence-electron chi connectivity index (χ0n) is 9.83. The van der Waals surface area contributed by atoms with Crippen molar-refractivity contribution in [3.63, 3.8) is 0 Å². The summed E-state index contributed by atoms with van der Waals surface area (Å²) in [5.41, 5.74) is 8.24. The van der Waals surface area contributed by atoms with Crippen molar-refractivity contribution in [2.45, 2.75) is 0 Å². The number of rotatable bonds is 3. The first-order valence-electron chi connectivity index (χ1n) is 5.60. The van der Waals surface area contributed by atoms with Gasteiger partial charge >= 0.3 is 0 Å². The average molecular weight is 286 g/mol. The molecule has 3 rings (SSSR count). The summed E-state index contributed by atoms with van der Waals surface area (Å²) in [5.74, 6) is 0. The zero-order chi connectivity index (χ0) is 13.2. The number of hydrogen-bond donors (Lipinski definition) is 2. The third kappa shape index (κ3) is 2.27. The molecule has 94 valence electrons. The highest BCUT2D eigenvalue weighted by molar-refractivity contribution is 7.80. The molecule has 0 saturated heterocycles. The molecule has 0 bridgehead atoms. The van der Waals surface area contributed by atoms with E-state index < -0.39 is 0 Å². The Morgan fingerprint density at radius 1 is 1.26 bits per heavy atom. The van der Waals surface area contributed by atoms with Crippen molar-refractivity contribution in [1.82, 2.24) is 9.97 Å². The van der Waals surface area contributed by atoms with Gasteiger partial charge in [-0.15, -0.1) is 11.3 Å². The lowest BCUT2D eigenvalue weighted by molar-refractivity contribution is 1.36. The van der Waals surface area contributed by atoms with E-state index in [1.807, 2.05) is 29.6 Å². The molecule has 3 N–H and O–H groups in total. The molecule has 4 nitrogen and oxygen atoms in total. The first-order chi connectivity index (χ1) is 9.25. The van der Waals surface area contributed by atoms with Gasteiger partial charge in [0.05, 0.1) is 16.8 Å². The van der Waals surface area contributed by atoms with Crippen LogP contribution in [0.4, 0.5) is 10.8 Å². The number of nitrogens with zero attached hydrogens (tertiary/aromatic N) is 2. The van der Waals surface area contributed by atoms with Gasteiger partial charge in [-0.3, -0.25) is 4.98 Å². The van der Waals surface area contributed by atoms with Gasteiger partial charge < -0.3 is 11.1 Å². The summed E-state index contributed by atoms with van der Waals surface area (Å²) in [7, 11) is 0. The lowest BCUT2D eigenvalue weighted by Crippen LogP contribution is -2.12. The average Bonchev–Trinajstić information content (AvgIpc) is 2.92. The second kappa shape index (κ2) is 4.91. The standard InChI is InChI=1S/C13H10N4S2/c14-12(18)9-7-16-10-4-2-1-3-8(10)11(9)17-13-15-5-6-19-13/h1-7H,(H2,14,18)(H,15,16,17). The van der Waals surface area contributed by atoms with Crippen molar-refractivity contribution in [3.05, 3.63) is 47.6 Å². The Morgan fingerprint density at radius 3 is 2.84 bits per heavy atom. The van der Waals surface area contributed by atoms with E-state index in [-0.39, 0.29) is 0 Å². The lowest BCUT2D eigenvalue weighted by atomic mass is 10.1. The molecular weight excluding hydrogens is 276 g/mol. The quantitative estimate of drug-likeness (QED) is 0.724. The van der Waals surface area contributed by atoms with Crippen molar-refractivity contribution >= 4 is 50.3 Å². The molecule has 0 aliphatic carbocycles. The zero-order valence-corrected chi connectivity index (χ0v) is 11.5. The number of thiocarbonyl (C=S) groups is 1. The van der Waals surface area contributed by atoms with Crippen LogP contribution in [0.25, 0.3) is 10.9 Å². The number of hydrogen-bond acceptors (Lipinski definition) is 5. The number of pyridine rings is 1. The number of para-hydroxylation sites is 1. The summed E-state index contributed by atoms with van der Waals surface area (Å²) >= 11 is 6.61. The Morgan fingerprint density at radius 2 is 2.11 bits per heavy atom. The van der Waals surface area contributed by atoms with Crippen LogP contribution >= 0.6 is 23.6 Å². The monoisotopic (exact) mass is 286 g/mol. The Hall–Kier alpha value is -2.05. The van der Waals surface area contributed by atoms with E-state index in [1.54, 1.807) is 12.4 Å². The molecule has 6 heteroatoms. The molecule has 0 atom stereocenters. The highest BCUT2D eigenvalue weighted by Crippen LogP contribution is 2.29. The van der Waals surface area contributed by atoms with Crippen LogP contribution in [0.5, 0.6) is 0 Å². The van der Waals surface area contributed by atoms with Gasteiger partial charge in [0.15, 0.2) is 5.13 Å². The molecule has 2 heterocycles. The number of aromatic nitrogens is 2. The van der Waals surface area contributed by atoms with E-state index in [2.05, 4.69) is 15.3 Å². The van der Waals surface area contributed by atoms with E-state index in [4.69, 9.17) is 18.0 Å². The van der Waals surface area contributed by atoms with Gasteiger partial charge in [-0.1, -0.05) is 30.4 Å². The van der Waals surface area contributed by atoms with Gasteiger partial charge in [0.1, 0.15) is 4.99 Å². The first kappa shape index (κ1) is 12.0. The van der Waals surface area contributed by atoms with Crippen molar-refractivity contribution in [2.24, 2.45) is 5.73 Å². The van der Waals surface area contributed by atoms with E-state index in [1.165, 1.54) is 11.3 Å². The maximum atomic E-state index is 5.77. The second-order valence-corrected chi connectivity index (χ2v) is 5.22. The molecule has 0 unspecified atom stereocenters. The van der Waals surface area contributed by atoms with Gasteiger partial charge in [0.2, 0.25) is 0 Å². The van der Waals surface area contributed by atoms with Crippen LogP contribution in [0.15, 0.2) is 42.0 Å². The summed E-state index contributed by atoms with van der Waals surface area (Å²) in [6.45, 7) is 0. The number of anilines is 2. The highest BCUT2D eigenvalue weighted by Gasteiger charge is 2.11. The molecule has 0 saturated carbocycles. The highest BCUT2D eigenvalue weighted by atomic mass is 32.1. The van der Waals surface area contributed by atoms with Crippen molar-refractivity contribution in [1.29, 1.82) is 0 Å². The maximum Gasteiger partial charge on any atom is 0.187 e. The fourth-order valence-corrected chi connectivity index (χ4v) is 2.54. The van der Waals surface area contributed by atoms with Gasteiger partial charge in [-0.05, 0) is 6.07 Å². The molecule has 0 radical (unpaired) electrons. The third-order valence-electron chi connectivity index (χ3n) is 2.71. The lowest BCUT2D eigenvalue weighted by Gasteiger charge is -2.12. The topological polar surface area (TPSA) is 63.8 Å². The fraction of sp³-hybridized carbons (Fsp3) is 0. The third-order valence-corrected chi connectivity index (χ3v) is 3.61. The van der Waals surface area contributed by atoms with Gasteiger partial charge in [0, 0.05) is 23.2 Å². The van der Waals surface area contributed by atoms with Gasteiger partial charge in [-0.25, -0.2) is 4.98 Å². The Balaban J connectivity index is 2.22.